The normalized spacial score (nSPS) is 18.0. The van der Waals surface area contributed by atoms with Gasteiger partial charge in [-0.15, -0.1) is 11.3 Å². The van der Waals surface area contributed by atoms with Crippen LogP contribution in [0.25, 0.3) is 10.2 Å². The summed E-state index contributed by atoms with van der Waals surface area (Å²) in [6.07, 6.45) is 2.40. The Hall–Kier alpha value is -3.09. The van der Waals surface area contributed by atoms with Crippen molar-refractivity contribution in [2.75, 3.05) is 5.32 Å². The number of aromatic nitrogens is 2. The zero-order chi connectivity index (χ0) is 20.0. The lowest BCUT2D eigenvalue weighted by Gasteiger charge is -2.16. The van der Waals surface area contributed by atoms with E-state index in [-0.39, 0.29) is 17.9 Å². The second kappa shape index (κ2) is 7.06. The minimum absolute atomic E-state index is 0.0798. The SMILES string of the molecule is Cc1csc2ncnc(C3Cc4cc(C(=O)Nc5ccccc5)ccc4C3N)c12. The lowest BCUT2D eigenvalue weighted by Crippen LogP contribution is -2.17. The predicted octanol–water partition coefficient (Wildman–Crippen LogP) is 4.59. The van der Waals surface area contributed by atoms with Crippen molar-refractivity contribution >= 4 is 33.1 Å². The van der Waals surface area contributed by atoms with Crippen LogP contribution >= 0.6 is 11.3 Å². The van der Waals surface area contributed by atoms with Crippen molar-refractivity contribution < 1.29 is 4.79 Å². The highest BCUT2D eigenvalue weighted by molar-refractivity contribution is 7.16. The van der Waals surface area contributed by atoms with Crippen LogP contribution in [0.4, 0.5) is 5.69 Å². The molecule has 1 aliphatic rings. The van der Waals surface area contributed by atoms with Crippen LogP contribution in [-0.4, -0.2) is 15.9 Å². The third-order valence-corrected chi connectivity index (χ3v) is 6.61. The van der Waals surface area contributed by atoms with Crippen molar-refractivity contribution in [2.45, 2.75) is 25.3 Å². The second-order valence-corrected chi connectivity index (χ2v) is 8.29. The van der Waals surface area contributed by atoms with E-state index >= 15 is 0 Å². The highest BCUT2D eigenvalue weighted by Gasteiger charge is 2.34. The number of fused-ring (bicyclic) bond motifs is 2. The fourth-order valence-electron chi connectivity index (χ4n) is 4.15. The van der Waals surface area contributed by atoms with E-state index in [4.69, 9.17) is 5.73 Å². The summed E-state index contributed by atoms with van der Waals surface area (Å²) in [4.78, 5) is 22.7. The van der Waals surface area contributed by atoms with E-state index in [2.05, 4.69) is 27.6 Å². The molecule has 0 saturated heterocycles. The predicted molar refractivity (Wildman–Crippen MR) is 116 cm³/mol. The van der Waals surface area contributed by atoms with Gasteiger partial charge in [-0.1, -0.05) is 24.3 Å². The fraction of sp³-hybridized carbons (Fsp3) is 0.174. The maximum absolute atomic E-state index is 12.7. The summed E-state index contributed by atoms with van der Waals surface area (Å²) >= 11 is 1.63. The van der Waals surface area contributed by atoms with Gasteiger partial charge in [0, 0.05) is 28.6 Å². The molecule has 5 nitrogen and oxygen atoms in total. The molecule has 2 aromatic carbocycles. The Morgan fingerprint density at radius 2 is 2.00 bits per heavy atom. The molecule has 0 saturated carbocycles. The van der Waals surface area contributed by atoms with Crippen molar-refractivity contribution in [1.82, 2.24) is 9.97 Å². The number of thiophene rings is 1. The highest BCUT2D eigenvalue weighted by atomic mass is 32.1. The van der Waals surface area contributed by atoms with Gasteiger partial charge in [-0.05, 0) is 59.7 Å². The van der Waals surface area contributed by atoms with Crippen LogP contribution in [0.5, 0.6) is 0 Å². The Morgan fingerprint density at radius 1 is 1.17 bits per heavy atom. The van der Waals surface area contributed by atoms with E-state index in [0.29, 0.717) is 5.56 Å². The van der Waals surface area contributed by atoms with Gasteiger partial charge in [0.05, 0.1) is 5.69 Å². The van der Waals surface area contributed by atoms with Crippen molar-refractivity contribution in [3.05, 3.63) is 88.2 Å². The van der Waals surface area contributed by atoms with E-state index in [1.165, 1.54) is 5.56 Å². The van der Waals surface area contributed by atoms with Crippen LogP contribution in [0.2, 0.25) is 0 Å². The number of para-hydroxylation sites is 1. The first-order chi connectivity index (χ1) is 14.1. The van der Waals surface area contributed by atoms with Gasteiger partial charge >= 0.3 is 0 Å². The molecule has 6 heteroatoms. The summed E-state index contributed by atoms with van der Waals surface area (Å²) in [6.45, 7) is 2.09. The quantitative estimate of drug-likeness (QED) is 0.527. The Morgan fingerprint density at radius 3 is 2.83 bits per heavy atom. The number of nitrogens with one attached hydrogen (secondary N) is 1. The lowest BCUT2D eigenvalue weighted by atomic mass is 9.94. The van der Waals surface area contributed by atoms with Crippen molar-refractivity contribution in [3.8, 4) is 0 Å². The molecule has 5 rings (SSSR count). The molecule has 144 valence electrons. The third-order valence-electron chi connectivity index (χ3n) is 5.60. The maximum Gasteiger partial charge on any atom is 0.255 e. The number of aryl methyl sites for hydroxylation is 1. The molecule has 4 aromatic rings. The minimum atomic E-state index is -0.145. The molecular weight excluding hydrogens is 380 g/mol. The maximum atomic E-state index is 12.7. The highest BCUT2D eigenvalue weighted by Crippen LogP contribution is 2.43. The van der Waals surface area contributed by atoms with Crippen LogP contribution in [0.15, 0.2) is 60.2 Å². The van der Waals surface area contributed by atoms with Gasteiger partial charge in [-0.25, -0.2) is 9.97 Å². The number of carbonyl (C=O) groups excluding carboxylic acids is 1. The average molecular weight is 401 g/mol. The van der Waals surface area contributed by atoms with E-state index < -0.39 is 0 Å². The standard InChI is InChI=1S/C23H20N4OS/c1-13-11-29-23-19(13)21(25-12-26-23)18-10-15-9-14(7-8-17(15)20(18)24)22(28)27-16-5-3-2-4-6-16/h2-9,11-12,18,20H,10,24H2,1H3,(H,27,28). The molecule has 2 heterocycles. The number of nitrogens with two attached hydrogens (primary N) is 1. The van der Waals surface area contributed by atoms with Gasteiger partial charge in [0.15, 0.2) is 0 Å². The van der Waals surface area contributed by atoms with E-state index in [0.717, 1.165) is 39.1 Å². The Labute approximate surface area is 172 Å². The molecule has 2 atom stereocenters. The molecular formula is C23H20N4OS. The zero-order valence-electron chi connectivity index (χ0n) is 15.9. The van der Waals surface area contributed by atoms with Gasteiger partial charge in [-0.3, -0.25) is 4.79 Å². The molecule has 2 unspecified atom stereocenters. The molecule has 3 N–H and O–H groups in total. The van der Waals surface area contributed by atoms with Crippen molar-refractivity contribution in [1.29, 1.82) is 0 Å². The Kier molecular flexibility index (Phi) is 4.38. The lowest BCUT2D eigenvalue weighted by molar-refractivity contribution is 0.102. The summed E-state index contributed by atoms with van der Waals surface area (Å²) in [5.74, 6) is -0.0367. The number of benzene rings is 2. The third kappa shape index (κ3) is 3.10. The molecule has 2 aromatic heterocycles. The summed E-state index contributed by atoms with van der Waals surface area (Å²) in [6, 6.07) is 15.1. The summed E-state index contributed by atoms with van der Waals surface area (Å²) < 4.78 is 0. The van der Waals surface area contributed by atoms with Gasteiger partial charge in [0.25, 0.3) is 5.91 Å². The first kappa shape index (κ1) is 18.0. The number of nitrogens with zero attached hydrogens (tertiary/aromatic N) is 2. The van der Waals surface area contributed by atoms with E-state index in [9.17, 15) is 4.79 Å². The van der Waals surface area contributed by atoms with Gasteiger partial charge in [0.2, 0.25) is 0 Å². The van der Waals surface area contributed by atoms with E-state index in [1.54, 1.807) is 17.7 Å². The number of amides is 1. The number of hydrogen-bond donors (Lipinski definition) is 2. The van der Waals surface area contributed by atoms with E-state index in [1.807, 2.05) is 48.5 Å². The summed E-state index contributed by atoms with van der Waals surface area (Å²) in [7, 11) is 0. The molecule has 0 spiro atoms. The largest absolute Gasteiger partial charge is 0.323 e. The molecule has 1 amide bonds. The molecule has 1 aliphatic carbocycles. The van der Waals surface area contributed by atoms with Crippen LogP contribution in [0.1, 0.15) is 44.7 Å². The van der Waals surface area contributed by atoms with Crippen molar-refractivity contribution in [2.24, 2.45) is 5.73 Å². The first-order valence-corrected chi connectivity index (χ1v) is 10.4. The van der Waals surface area contributed by atoms with Gasteiger partial charge in [-0.2, -0.15) is 0 Å². The zero-order valence-corrected chi connectivity index (χ0v) is 16.7. The Balaban J connectivity index is 1.46. The number of rotatable bonds is 3. The van der Waals surface area contributed by atoms with Crippen LogP contribution in [0, 0.1) is 6.92 Å². The van der Waals surface area contributed by atoms with Crippen molar-refractivity contribution in [3.63, 3.8) is 0 Å². The number of anilines is 1. The molecule has 0 fully saturated rings. The molecule has 0 bridgehead atoms. The molecule has 29 heavy (non-hydrogen) atoms. The number of hydrogen-bond acceptors (Lipinski definition) is 5. The molecule has 0 radical (unpaired) electrons. The van der Waals surface area contributed by atoms with Crippen LogP contribution < -0.4 is 11.1 Å². The smallest absolute Gasteiger partial charge is 0.255 e. The monoisotopic (exact) mass is 400 g/mol. The molecule has 0 aliphatic heterocycles. The summed E-state index contributed by atoms with van der Waals surface area (Å²) in [5.41, 5.74) is 12.4. The second-order valence-electron chi connectivity index (χ2n) is 7.43. The Bertz CT molecular complexity index is 1220. The topological polar surface area (TPSA) is 80.9 Å². The van der Waals surface area contributed by atoms with Crippen LogP contribution in [0.3, 0.4) is 0 Å². The average Bonchev–Trinajstić information content (AvgIpc) is 3.29. The number of carbonyl (C=O) groups is 1. The van der Waals surface area contributed by atoms with Gasteiger partial charge in [0.1, 0.15) is 11.2 Å². The van der Waals surface area contributed by atoms with Crippen LogP contribution in [-0.2, 0) is 6.42 Å². The minimum Gasteiger partial charge on any atom is -0.323 e. The summed E-state index contributed by atoms with van der Waals surface area (Å²) in [5, 5.41) is 6.17. The van der Waals surface area contributed by atoms with Gasteiger partial charge < -0.3 is 11.1 Å². The fourth-order valence-corrected chi connectivity index (χ4v) is 5.05. The first-order valence-electron chi connectivity index (χ1n) is 9.55.